The summed E-state index contributed by atoms with van der Waals surface area (Å²) in [6.45, 7) is 1.73. The number of nitrogens with one attached hydrogen (secondary N) is 1. The van der Waals surface area contributed by atoms with Gasteiger partial charge < -0.3 is 24.3 Å². The first kappa shape index (κ1) is 47.4. The van der Waals surface area contributed by atoms with Crippen LogP contribution in [-0.4, -0.2) is 66.9 Å². The molecule has 4 aromatic carbocycles. The Morgan fingerprint density at radius 1 is 0.774 bits per heavy atom. The molecule has 0 saturated carbocycles. The third-order valence-corrected chi connectivity index (χ3v) is 10.1. The van der Waals surface area contributed by atoms with Gasteiger partial charge in [-0.05, 0) is 81.9 Å². The summed E-state index contributed by atoms with van der Waals surface area (Å²) in [5, 5.41) is 3.63. The SMILES string of the molecule is COc1ccc(Cc2ccc(CN3CCOC3=O)nc2)c(F)c1-c1cccc(Cl)c1.COc1ccc(Cc2ccc(CNC(=O)OCCCl)nc2)c(F)c1-c1cccc(Cl)c1.Cl. The lowest BCUT2D eigenvalue weighted by molar-refractivity contribution is 0.152. The van der Waals surface area contributed by atoms with Crippen LogP contribution in [-0.2, 0) is 35.4 Å². The molecular formula is C46H42Cl4F2N4O6. The number of alkyl halides is 1. The number of alkyl carbamates (subject to hydrolysis) is 1. The molecule has 3 heterocycles. The van der Waals surface area contributed by atoms with Crippen LogP contribution in [0.15, 0.2) is 109 Å². The molecule has 0 aliphatic carbocycles. The smallest absolute Gasteiger partial charge is 0.410 e. The van der Waals surface area contributed by atoms with Crippen LogP contribution in [0.4, 0.5) is 18.4 Å². The van der Waals surface area contributed by atoms with Crippen LogP contribution in [0.2, 0.25) is 10.0 Å². The molecule has 0 bridgehead atoms. The second kappa shape index (κ2) is 23.0. The van der Waals surface area contributed by atoms with Gasteiger partial charge in [-0.15, -0.1) is 24.0 Å². The van der Waals surface area contributed by atoms with Crippen LogP contribution in [0.5, 0.6) is 11.5 Å². The van der Waals surface area contributed by atoms with Gasteiger partial charge in [0.15, 0.2) is 0 Å². The molecule has 1 N–H and O–H groups in total. The van der Waals surface area contributed by atoms with E-state index in [1.807, 2.05) is 18.2 Å². The molecule has 7 rings (SSSR count). The summed E-state index contributed by atoms with van der Waals surface area (Å²) in [7, 11) is 3.02. The van der Waals surface area contributed by atoms with E-state index in [1.165, 1.54) is 14.2 Å². The number of rotatable bonds is 14. The fourth-order valence-electron chi connectivity index (χ4n) is 6.51. The summed E-state index contributed by atoms with van der Waals surface area (Å²) in [4.78, 5) is 33.4. The number of benzene rings is 4. The Kier molecular flexibility index (Phi) is 17.6. The van der Waals surface area contributed by atoms with E-state index in [9.17, 15) is 9.59 Å². The second-order valence-electron chi connectivity index (χ2n) is 13.6. The number of methoxy groups -OCH3 is 2. The molecule has 1 saturated heterocycles. The number of carbonyl (C=O) groups is 2. The minimum absolute atomic E-state index is 0. The summed E-state index contributed by atoms with van der Waals surface area (Å²) >= 11 is 17.6. The van der Waals surface area contributed by atoms with E-state index < -0.39 is 6.09 Å². The Balaban J connectivity index is 0.000000231. The molecular weight excluding hydrogens is 884 g/mol. The van der Waals surface area contributed by atoms with Crippen molar-refractivity contribution in [3.63, 3.8) is 0 Å². The van der Waals surface area contributed by atoms with Gasteiger partial charge in [0.2, 0.25) is 0 Å². The lowest BCUT2D eigenvalue weighted by atomic mass is 9.97. The number of amides is 2. The van der Waals surface area contributed by atoms with Gasteiger partial charge in [-0.3, -0.25) is 14.9 Å². The predicted octanol–water partition coefficient (Wildman–Crippen LogP) is 11.1. The summed E-state index contributed by atoms with van der Waals surface area (Å²) in [5.74, 6) is 0.407. The fraction of sp³-hybridized carbons (Fsp3) is 0.217. The van der Waals surface area contributed by atoms with Crippen molar-refractivity contribution in [2.45, 2.75) is 25.9 Å². The Labute approximate surface area is 379 Å². The number of halogens is 6. The van der Waals surface area contributed by atoms with Crippen molar-refractivity contribution in [2.75, 3.05) is 39.9 Å². The molecule has 0 radical (unpaired) electrons. The quantitative estimate of drug-likeness (QED) is 0.108. The van der Waals surface area contributed by atoms with Crippen molar-refractivity contribution in [1.29, 1.82) is 0 Å². The van der Waals surface area contributed by atoms with Crippen LogP contribution < -0.4 is 14.8 Å². The maximum Gasteiger partial charge on any atom is 0.410 e. The van der Waals surface area contributed by atoms with Gasteiger partial charge in [0.05, 0.1) is 62.2 Å². The minimum Gasteiger partial charge on any atom is -0.496 e. The average Bonchev–Trinajstić information content (AvgIpc) is 3.67. The van der Waals surface area contributed by atoms with Crippen LogP contribution >= 0.6 is 47.2 Å². The zero-order valence-corrected chi connectivity index (χ0v) is 36.7. The topological polar surface area (TPSA) is 112 Å². The summed E-state index contributed by atoms with van der Waals surface area (Å²) in [6, 6.07) is 28.3. The van der Waals surface area contributed by atoms with Crippen molar-refractivity contribution in [3.05, 3.63) is 165 Å². The largest absolute Gasteiger partial charge is 0.496 e. The number of cyclic esters (lactones) is 1. The molecule has 0 unspecified atom stereocenters. The molecule has 10 nitrogen and oxygen atoms in total. The summed E-state index contributed by atoms with van der Waals surface area (Å²) < 4.78 is 51.3. The van der Waals surface area contributed by atoms with Gasteiger partial charge >= 0.3 is 12.2 Å². The lowest BCUT2D eigenvalue weighted by Gasteiger charge is -2.14. The standard InChI is InChI=1S/C23H21Cl2FN2O3.C23H20ClFN2O3.ClH/c1-30-20-8-6-17(22(26)21(20)16-3-2-4-18(25)12-16)11-15-5-7-19(27-13-15)14-28-23(29)31-10-9-24;1-29-20-8-6-17(22(25)21(20)16-3-2-4-18(24)12-16)11-15-5-7-19(26-13-15)14-27-9-10-30-23(27)28;/h2-8,12-13H,9-11,14H2,1H3,(H,28,29);2-8,12-13H,9-11,14H2,1H3;1H. The van der Waals surface area contributed by atoms with Gasteiger partial charge in [-0.2, -0.15) is 0 Å². The normalized spacial score (nSPS) is 11.8. The third kappa shape index (κ3) is 12.5. The first-order chi connectivity index (χ1) is 29.6. The maximum atomic E-state index is 15.4. The Morgan fingerprint density at radius 2 is 1.31 bits per heavy atom. The molecule has 0 spiro atoms. The van der Waals surface area contributed by atoms with E-state index in [4.69, 9.17) is 53.8 Å². The van der Waals surface area contributed by atoms with Crippen LogP contribution in [0.3, 0.4) is 0 Å². The first-order valence-corrected chi connectivity index (χ1v) is 20.3. The zero-order valence-electron chi connectivity index (χ0n) is 33.6. The van der Waals surface area contributed by atoms with Crippen LogP contribution in [0, 0.1) is 11.6 Å². The van der Waals surface area contributed by atoms with E-state index in [0.29, 0.717) is 93.2 Å². The number of ether oxygens (including phenoxy) is 4. The van der Waals surface area contributed by atoms with E-state index in [2.05, 4.69) is 15.3 Å². The molecule has 16 heteroatoms. The molecule has 62 heavy (non-hydrogen) atoms. The number of aromatic nitrogens is 2. The Morgan fingerprint density at radius 3 is 1.74 bits per heavy atom. The Bertz CT molecular complexity index is 2460. The highest BCUT2D eigenvalue weighted by molar-refractivity contribution is 6.31. The van der Waals surface area contributed by atoms with Gasteiger partial charge in [0.1, 0.15) is 36.3 Å². The van der Waals surface area contributed by atoms with Crippen molar-refractivity contribution < 1.29 is 37.3 Å². The van der Waals surface area contributed by atoms with E-state index >= 15 is 8.78 Å². The fourth-order valence-corrected chi connectivity index (χ4v) is 6.97. The second-order valence-corrected chi connectivity index (χ2v) is 14.9. The number of pyridine rings is 2. The van der Waals surface area contributed by atoms with Crippen molar-refractivity contribution in [1.82, 2.24) is 20.2 Å². The number of hydrogen-bond acceptors (Lipinski definition) is 8. The summed E-state index contributed by atoms with van der Waals surface area (Å²) in [6.07, 6.45) is 3.21. The van der Waals surface area contributed by atoms with Gasteiger partial charge in [0.25, 0.3) is 0 Å². The molecule has 1 fully saturated rings. The number of carbonyl (C=O) groups excluding carboxylic acids is 2. The number of hydrogen-bond donors (Lipinski definition) is 1. The van der Waals surface area contributed by atoms with Crippen LogP contribution in [0.25, 0.3) is 22.3 Å². The van der Waals surface area contributed by atoms with E-state index in [0.717, 1.165) is 16.8 Å². The van der Waals surface area contributed by atoms with E-state index in [1.54, 1.807) is 96.2 Å². The molecule has 0 atom stereocenters. The highest BCUT2D eigenvalue weighted by Gasteiger charge is 2.23. The lowest BCUT2D eigenvalue weighted by Crippen LogP contribution is -2.24. The molecule has 6 aromatic rings. The van der Waals surface area contributed by atoms with E-state index in [-0.39, 0.29) is 49.2 Å². The van der Waals surface area contributed by atoms with Crippen molar-refractivity contribution in [3.8, 4) is 33.8 Å². The highest BCUT2D eigenvalue weighted by atomic mass is 35.5. The Hall–Kier alpha value is -5.66. The van der Waals surface area contributed by atoms with Gasteiger partial charge in [-0.25, -0.2) is 18.4 Å². The van der Waals surface area contributed by atoms with Gasteiger partial charge in [0, 0.05) is 35.3 Å². The molecule has 2 amide bonds. The monoisotopic (exact) mass is 924 g/mol. The minimum atomic E-state index is -0.555. The molecule has 2 aromatic heterocycles. The predicted molar refractivity (Wildman–Crippen MR) is 239 cm³/mol. The van der Waals surface area contributed by atoms with Crippen molar-refractivity contribution in [2.24, 2.45) is 0 Å². The first-order valence-electron chi connectivity index (χ1n) is 19.0. The summed E-state index contributed by atoms with van der Waals surface area (Å²) in [5.41, 5.74) is 6.19. The highest BCUT2D eigenvalue weighted by Crippen LogP contribution is 2.37. The average molecular weight is 927 g/mol. The van der Waals surface area contributed by atoms with Gasteiger partial charge in [-0.1, -0.05) is 71.7 Å². The van der Waals surface area contributed by atoms with Crippen molar-refractivity contribution >= 4 is 59.4 Å². The molecule has 1 aliphatic rings. The third-order valence-electron chi connectivity index (χ3n) is 9.52. The van der Waals surface area contributed by atoms with Crippen LogP contribution in [0.1, 0.15) is 33.6 Å². The molecule has 1 aliphatic heterocycles. The molecule has 324 valence electrons. The maximum absolute atomic E-state index is 15.4. The zero-order chi connectivity index (χ0) is 43.3. The number of nitrogens with zero attached hydrogens (tertiary/aromatic N) is 3.